The quantitative estimate of drug-likeness (QED) is 0.830. The van der Waals surface area contributed by atoms with E-state index in [-0.39, 0.29) is 0 Å². The normalized spacial score (nSPS) is 16.9. The first kappa shape index (κ1) is 12.3. The van der Waals surface area contributed by atoms with E-state index in [9.17, 15) is 0 Å². The van der Waals surface area contributed by atoms with Crippen LogP contribution in [0.25, 0.3) is 11.2 Å². The summed E-state index contributed by atoms with van der Waals surface area (Å²) in [4.78, 5) is 18.3. The molecule has 0 aromatic carbocycles. The van der Waals surface area contributed by atoms with Crippen LogP contribution in [0.5, 0.6) is 0 Å². The van der Waals surface area contributed by atoms with Gasteiger partial charge in [0.15, 0.2) is 11.5 Å². The maximum Gasteiger partial charge on any atom is 0.183 e. The van der Waals surface area contributed by atoms with Crippen LogP contribution in [-0.2, 0) is 4.74 Å². The van der Waals surface area contributed by atoms with Gasteiger partial charge in [0, 0.05) is 26.2 Å². The Morgan fingerprint density at radius 2 is 2.21 bits per heavy atom. The standard InChI is InChI=1S/C12H18N6O/c1-9-16-10-11(14-8-15-12(10)17-9)13-2-3-18-4-6-19-7-5-18/h8H,2-7H2,1H3,(H2,13,14,15,16,17). The second-order valence-electron chi connectivity index (χ2n) is 4.62. The first-order chi connectivity index (χ1) is 9.33. The number of H-pyrrole nitrogens is 1. The Bertz CT molecular complexity index is 548. The van der Waals surface area contributed by atoms with E-state index < -0.39 is 0 Å². The van der Waals surface area contributed by atoms with Crippen molar-refractivity contribution in [3.8, 4) is 0 Å². The van der Waals surface area contributed by atoms with Crippen LogP contribution in [0.2, 0.25) is 0 Å². The minimum Gasteiger partial charge on any atom is -0.379 e. The number of hydrogen-bond donors (Lipinski definition) is 2. The van der Waals surface area contributed by atoms with Crippen molar-refractivity contribution < 1.29 is 4.74 Å². The molecule has 19 heavy (non-hydrogen) atoms. The molecule has 1 aliphatic rings. The number of imidazole rings is 1. The number of hydrogen-bond acceptors (Lipinski definition) is 6. The van der Waals surface area contributed by atoms with Crippen molar-refractivity contribution >= 4 is 17.0 Å². The van der Waals surface area contributed by atoms with E-state index in [0.29, 0.717) is 5.65 Å². The molecule has 0 unspecified atom stereocenters. The van der Waals surface area contributed by atoms with Crippen molar-refractivity contribution in [2.24, 2.45) is 0 Å². The van der Waals surface area contributed by atoms with E-state index in [1.807, 2.05) is 6.92 Å². The van der Waals surface area contributed by atoms with Gasteiger partial charge < -0.3 is 15.0 Å². The predicted molar refractivity (Wildman–Crippen MR) is 72.2 cm³/mol. The van der Waals surface area contributed by atoms with Crippen molar-refractivity contribution in [3.05, 3.63) is 12.2 Å². The molecular formula is C12H18N6O. The van der Waals surface area contributed by atoms with Gasteiger partial charge in [-0.05, 0) is 6.92 Å². The van der Waals surface area contributed by atoms with Crippen LogP contribution in [-0.4, -0.2) is 64.2 Å². The summed E-state index contributed by atoms with van der Waals surface area (Å²) in [6.07, 6.45) is 1.54. The SMILES string of the molecule is Cc1nc2ncnc(NCCN3CCOCC3)c2[nH]1. The first-order valence-electron chi connectivity index (χ1n) is 6.54. The third-order valence-electron chi connectivity index (χ3n) is 3.23. The molecule has 1 saturated heterocycles. The van der Waals surface area contributed by atoms with Crippen molar-refractivity contribution in [3.63, 3.8) is 0 Å². The molecule has 7 nitrogen and oxygen atoms in total. The second kappa shape index (κ2) is 5.50. The van der Waals surface area contributed by atoms with Crippen molar-refractivity contribution in [1.29, 1.82) is 0 Å². The minimum absolute atomic E-state index is 0.710. The molecule has 0 radical (unpaired) electrons. The van der Waals surface area contributed by atoms with Crippen molar-refractivity contribution in [2.45, 2.75) is 6.92 Å². The minimum atomic E-state index is 0.710. The fourth-order valence-corrected chi connectivity index (χ4v) is 2.24. The van der Waals surface area contributed by atoms with E-state index >= 15 is 0 Å². The molecule has 7 heteroatoms. The molecule has 0 bridgehead atoms. The highest BCUT2D eigenvalue weighted by Crippen LogP contribution is 2.15. The van der Waals surface area contributed by atoms with Crippen LogP contribution in [0, 0.1) is 6.92 Å². The van der Waals surface area contributed by atoms with Crippen molar-refractivity contribution in [2.75, 3.05) is 44.7 Å². The predicted octanol–water partition coefficient (Wildman–Crippen LogP) is 0.405. The Kier molecular flexibility index (Phi) is 3.56. The lowest BCUT2D eigenvalue weighted by molar-refractivity contribution is 0.0398. The average Bonchev–Trinajstić information content (AvgIpc) is 2.81. The molecule has 1 aliphatic heterocycles. The van der Waals surface area contributed by atoms with Crippen LogP contribution in [0.4, 0.5) is 5.82 Å². The number of anilines is 1. The largest absolute Gasteiger partial charge is 0.379 e. The van der Waals surface area contributed by atoms with Crippen LogP contribution >= 0.6 is 0 Å². The number of aromatic amines is 1. The number of nitrogens with zero attached hydrogens (tertiary/aromatic N) is 4. The van der Waals surface area contributed by atoms with Crippen LogP contribution in [0.1, 0.15) is 5.82 Å². The lowest BCUT2D eigenvalue weighted by atomic mass is 10.4. The Balaban J connectivity index is 1.61. The molecule has 0 aliphatic carbocycles. The first-order valence-corrected chi connectivity index (χ1v) is 6.54. The Labute approximate surface area is 111 Å². The maximum absolute atomic E-state index is 5.33. The number of fused-ring (bicyclic) bond motifs is 1. The van der Waals surface area contributed by atoms with Crippen molar-refractivity contribution in [1.82, 2.24) is 24.8 Å². The topological polar surface area (TPSA) is 79.0 Å². The molecule has 3 heterocycles. The summed E-state index contributed by atoms with van der Waals surface area (Å²) in [5.41, 5.74) is 1.59. The van der Waals surface area contributed by atoms with E-state index in [1.165, 1.54) is 0 Å². The molecule has 2 N–H and O–H groups in total. The van der Waals surface area contributed by atoms with Crippen LogP contribution in [0.15, 0.2) is 6.33 Å². The molecule has 0 amide bonds. The molecule has 2 aromatic rings. The summed E-state index contributed by atoms with van der Waals surface area (Å²) >= 11 is 0. The van der Waals surface area contributed by atoms with Gasteiger partial charge in [-0.25, -0.2) is 15.0 Å². The molecule has 102 valence electrons. The Morgan fingerprint density at radius 1 is 1.37 bits per heavy atom. The summed E-state index contributed by atoms with van der Waals surface area (Å²) in [5.74, 6) is 1.67. The van der Waals surface area contributed by atoms with Gasteiger partial charge in [-0.3, -0.25) is 4.90 Å². The second-order valence-corrected chi connectivity index (χ2v) is 4.62. The Morgan fingerprint density at radius 3 is 3.05 bits per heavy atom. The smallest absolute Gasteiger partial charge is 0.183 e. The molecule has 0 atom stereocenters. The average molecular weight is 262 g/mol. The summed E-state index contributed by atoms with van der Waals surface area (Å²) in [6.45, 7) is 7.42. The molecule has 3 rings (SSSR count). The Hall–Kier alpha value is -1.73. The third-order valence-corrected chi connectivity index (χ3v) is 3.23. The summed E-state index contributed by atoms with van der Waals surface area (Å²) in [6, 6.07) is 0. The number of aromatic nitrogens is 4. The van der Waals surface area contributed by atoms with Gasteiger partial charge in [0.1, 0.15) is 17.7 Å². The highest BCUT2D eigenvalue weighted by atomic mass is 16.5. The zero-order chi connectivity index (χ0) is 13.1. The van der Waals surface area contributed by atoms with E-state index in [0.717, 1.165) is 56.6 Å². The number of rotatable bonds is 4. The molecule has 1 fully saturated rings. The van der Waals surface area contributed by atoms with Gasteiger partial charge in [0.2, 0.25) is 0 Å². The molecule has 2 aromatic heterocycles. The molecule has 0 saturated carbocycles. The summed E-state index contributed by atoms with van der Waals surface area (Å²) < 4.78 is 5.33. The molecule has 0 spiro atoms. The monoisotopic (exact) mass is 262 g/mol. The van der Waals surface area contributed by atoms with Crippen LogP contribution < -0.4 is 5.32 Å². The summed E-state index contributed by atoms with van der Waals surface area (Å²) in [7, 11) is 0. The van der Waals surface area contributed by atoms with E-state index in [2.05, 4.69) is 30.2 Å². The highest BCUT2D eigenvalue weighted by molar-refractivity contribution is 5.82. The van der Waals surface area contributed by atoms with Crippen LogP contribution in [0.3, 0.4) is 0 Å². The number of morpholine rings is 1. The number of ether oxygens (including phenoxy) is 1. The lowest BCUT2D eigenvalue weighted by Crippen LogP contribution is -2.39. The van der Waals surface area contributed by atoms with E-state index in [1.54, 1.807) is 6.33 Å². The van der Waals surface area contributed by atoms with Gasteiger partial charge in [-0.2, -0.15) is 0 Å². The lowest BCUT2D eigenvalue weighted by Gasteiger charge is -2.26. The third kappa shape index (κ3) is 2.82. The highest BCUT2D eigenvalue weighted by Gasteiger charge is 2.11. The van der Waals surface area contributed by atoms with Gasteiger partial charge in [-0.15, -0.1) is 0 Å². The fourth-order valence-electron chi connectivity index (χ4n) is 2.24. The van der Waals surface area contributed by atoms with E-state index in [4.69, 9.17) is 4.74 Å². The number of nitrogens with one attached hydrogen (secondary N) is 2. The van der Waals surface area contributed by atoms with Gasteiger partial charge in [0.05, 0.1) is 13.2 Å². The van der Waals surface area contributed by atoms with Gasteiger partial charge >= 0.3 is 0 Å². The maximum atomic E-state index is 5.33. The fraction of sp³-hybridized carbons (Fsp3) is 0.583. The zero-order valence-corrected chi connectivity index (χ0v) is 11.0. The summed E-state index contributed by atoms with van der Waals surface area (Å²) in [5, 5.41) is 3.34. The zero-order valence-electron chi connectivity index (χ0n) is 11.0. The molecular weight excluding hydrogens is 244 g/mol. The number of aryl methyl sites for hydroxylation is 1. The van der Waals surface area contributed by atoms with Gasteiger partial charge in [-0.1, -0.05) is 0 Å². The van der Waals surface area contributed by atoms with Gasteiger partial charge in [0.25, 0.3) is 0 Å².